The van der Waals surface area contributed by atoms with Gasteiger partial charge in [-0.1, -0.05) is 6.92 Å². The number of hydrogen-bond acceptors (Lipinski definition) is 4. The number of hydrogen-bond donors (Lipinski definition) is 1. The molecular formula is C10H12N4O2. The Labute approximate surface area is 91.9 Å². The van der Waals surface area contributed by atoms with Crippen molar-refractivity contribution in [3.8, 4) is 0 Å². The van der Waals surface area contributed by atoms with Crippen molar-refractivity contribution in [2.45, 2.75) is 19.8 Å². The third kappa shape index (κ3) is 2.16. The van der Waals surface area contributed by atoms with E-state index in [1.807, 2.05) is 13.0 Å². The van der Waals surface area contributed by atoms with Gasteiger partial charge >= 0.3 is 5.97 Å². The van der Waals surface area contributed by atoms with Gasteiger partial charge in [-0.25, -0.2) is 0 Å². The summed E-state index contributed by atoms with van der Waals surface area (Å²) in [4.78, 5) is 10.5. The Morgan fingerprint density at radius 2 is 2.38 bits per heavy atom. The van der Waals surface area contributed by atoms with Crippen LogP contribution in [0.1, 0.15) is 19.2 Å². The van der Waals surface area contributed by atoms with Crippen molar-refractivity contribution in [2.24, 2.45) is 5.92 Å². The Bertz CT molecular complexity index is 508. The van der Waals surface area contributed by atoms with Crippen LogP contribution in [0.4, 0.5) is 0 Å². The number of carboxylic acids is 1. The molecule has 0 radical (unpaired) electrons. The van der Waals surface area contributed by atoms with E-state index in [0.717, 1.165) is 0 Å². The normalized spacial score (nSPS) is 12.8. The third-order valence-electron chi connectivity index (χ3n) is 2.30. The van der Waals surface area contributed by atoms with Gasteiger partial charge in [0.25, 0.3) is 0 Å². The maximum Gasteiger partial charge on any atom is 0.303 e. The zero-order valence-corrected chi connectivity index (χ0v) is 8.87. The van der Waals surface area contributed by atoms with Crippen molar-refractivity contribution in [3.63, 3.8) is 0 Å². The second-order valence-corrected chi connectivity index (χ2v) is 3.82. The number of nitrogens with zero attached hydrogens (tertiary/aromatic N) is 4. The molecule has 6 heteroatoms. The SMILES string of the molecule is CC(CC(=O)O)Cc1nnc2cccnn12. The predicted molar refractivity (Wildman–Crippen MR) is 55.9 cm³/mol. The van der Waals surface area contributed by atoms with Crippen LogP contribution in [0.3, 0.4) is 0 Å². The molecule has 6 nitrogen and oxygen atoms in total. The van der Waals surface area contributed by atoms with Crippen molar-refractivity contribution in [1.29, 1.82) is 0 Å². The number of fused-ring (bicyclic) bond motifs is 1. The fourth-order valence-corrected chi connectivity index (χ4v) is 1.60. The number of aliphatic carboxylic acids is 1. The van der Waals surface area contributed by atoms with Crippen molar-refractivity contribution < 1.29 is 9.90 Å². The third-order valence-corrected chi connectivity index (χ3v) is 2.30. The molecular weight excluding hydrogens is 208 g/mol. The summed E-state index contributed by atoms with van der Waals surface area (Å²) in [5, 5.41) is 20.7. The molecule has 0 bridgehead atoms. The molecule has 2 aromatic heterocycles. The molecule has 0 amide bonds. The van der Waals surface area contributed by atoms with Gasteiger partial charge in [0.05, 0.1) is 0 Å². The van der Waals surface area contributed by atoms with Crippen molar-refractivity contribution in [2.75, 3.05) is 0 Å². The highest BCUT2D eigenvalue weighted by molar-refractivity contribution is 5.66. The first-order chi connectivity index (χ1) is 7.66. The molecule has 0 aliphatic heterocycles. The van der Waals surface area contributed by atoms with Crippen LogP contribution in [0.2, 0.25) is 0 Å². The molecule has 2 aromatic rings. The highest BCUT2D eigenvalue weighted by Gasteiger charge is 2.13. The van der Waals surface area contributed by atoms with Gasteiger partial charge in [-0.3, -0.25) is 4.79 Å². The zero-order valence-electron chi connectivity index (χ0n) is 8.87. The molecule has 2 rings (SSSR count). The zero-order chi connectivity index (χ0) is 11.5. The van der Waals surface area contributed by atoms with E-state index in [4.69, 9.17) is 5.11 Å². The lowest BCUT2D eigenvalue weighted by Gasteiger charge is -2.05. The molecule has 1 atom stereocenters. The van der Waals surface area contributed by atoms with E-state index in [2.05, 4.69) is 15.3 Å². The Kier molecular flexibility index (Phi) is 2.80. The van der Waals surface area contributed by atoms with Crippen LogP contribution in [0, 0.1) is 5.92 Å². The maximum atomic E-state index is 10.5. The summed E-state index contributed by atoms with van der Waals surface area (Å²) in [7, 11) is 0. The fraction of sp³-hybridized carbons (Fsp3) is 0.400. The minimum atomic E-state index is -0.797. The van der Waals surface area contributed by atoms with Crippen LogP contribution in [0.15, 0.2) is 18.3 Å². The van der Waals surface area contributed by atoms with Gasteiger partial charge in [0.15, 0.2) is 11.5 Å². The van der Waals surface area contributed by atoms with Gasteiger partial charge in [0.1, 0.15) is 0 Å². The molecule has 0 saturated carbocycles. The van der Waals surface area contributed by atoms with Crippen LogP contribution < -0.4 is 0 Å². The second kappa shape index (κ2) is 4.26. The molecule has 1 N–H and O–H groups in total. The molecule has 0 saturated heterocycles. The van der Waals surface area contributed by atoms with E-state index < -0.39 is 5.97 Å². The standard InChI is InChI=1S/C10H12N4O2/c1-7(6-10(15)16)5-9-13-12-8-3-2-4-11-14(8)9/h2-4,7H,5-6H2,1H3,(H,15,16). The molecule has 16 heavy (non-hydrogen) atoms. The summed E-state index contributed by atoms with van der Waals surface area (Å²) < 4.78 is 1.64. The highest BCUT2D eigenvalue weighted by Crippen LogP contribution is 2.10. The largest absolute Gasteiger partial charge is 0.481 e. The molecule has 1 unspecified atom stereocenters. The average Bonchev–Trinajstić information content (AvgIpc) is 2.61. The average molecular weight is 220 g/mol. The van der Waals surface area contributed by atoms with Crippen molar-refractivity contribution in [1.82, 2.24) is 19.8 Å². The van der Waals surface area contributed by atoms with E-state index in [0.29, 0.717) is 17.9 Å². The molecule has 0 fully saturated rings. The van der Waals surface area contributed by atoms with Gasteiger partial charge in [-0.05, 0) is 18.1 Å². The Morgan fingerprint density at radius 1 is 1.56 bits per heavy atom. The van der Waals surface area contributed by atoms with Gasteiger partial charge in [-0.2, -0.15) is 9.61 Å². The molecule has 0 spiro atoms. The molecule has 0 aromatic carbocycles. The Morgan fingerprint density at radius 3 is 3.12 bits per heavy atom. The van der Waals surface area contributed by atoms with Crippen LogP contribution >= 0.6 is 0 Å². The lowest BCUT2D eigenvalue weighted by atomic mass is 10.0. The smallest absolute Gasteiger partial charge is 0.303 e. The number of aromatic nitrogens is 4. The van der Waals surface area contributed by atoms with Gasteiger partial charge in [0.2, 0.25) is 0 Å². The number of rotatable bonds is 4. The van der Waals surface area contributed by atoms with Crippen molar-refractivity contribution >= 4 is 11.6 Å². The minimum Gasteiger partial charge on any atom is -0.481 e. The van der Waals surface area contributed by atoms with E-state index in [1.165, 1.54) is 0 Å². The summed E-state index contributed by atoms with van der Waals surface area (Å²) in [6.07, 6.45) is 2.34. The minimum absolute atomic E-state index is 0.0203. The summed E-state index contributed by atoms with van der Waals surface area (Å²) in [6.45, 7) is 1.87. The van der Waals surface area contributed by atoms with E-state index in [-0.39, 0.29) is 12.3 Å². The van der Waals surface area contributed by atoms with E-state index in [1.54, 1.807) is 16.8 Å². The van der Waals surface area contributed by atoms with Crippen LogP contribution in [0.5, 0.6) is 0 Å². The van der Waals surface area contributed by atoms with E-state index in [9.17, 15) is 4.79 Å². The fourth-order valence-electron chi connectivity index (χ4n) is 1.60. The van der Waals surface area contributed by atoms with Gasteiger partial charge < -0.3 is 5.11 Å². The monoisotopic (exact) mass is 220 g/mol. The first-order valence-electron chi connectivity index (χ1n) is 5.04. The lowest BCUT2D eigenvalue weighted by Crippen LogP contribution is -2.10. The maximum absolute atomic E-state index is 10.5. The highest BCUT2D eigenvalue weighted by atomic mass is 16.4. The molecule has 84 valence electrons. The Balaban J connectivity index is 2.18. The summed E-state index contributed by atoms with van der Waals surface area (Å²) in [6, 6.07) is 3.60. The topological polar surface area (TPSA) is 80.4 Å². The first-order valence-corrected chi connectivity index (χ1v) is 5.04. The predicted octanol–water partition coefficient (Wildman–Crippen LogP) is 0.778. The number of carboxylic acid groups (broad SMARTS) is 1. The summed E-state index contributed by atoms with van der Waals surface area (Å²) >= 11 is 0. The van der Waals surface area contributed by atoms with E-state index >= 15 is 0 Å². The summed E-state index contributed by atoms with van der Waals surface area (Å²) in [5.74, 6) is -0.0782. The molecule has 2 heterocycles. The van der Waals surface area contributed by atoms with Crippen LogP contribution in [-0.2, 0) is 11.2 Å². The van der Waals surface area contributed by atoms with Crippen molar-refractivity contribution in [3.05, 3.63) is 24.2 Å². The first kappa shape index (κ1) is 10.5. The quantitative estimate of drug-likeness (QED) is 0.823. The molecule has 0 aliphatic rings. The second-order valence-electron chi connectivity index (χ2n) is 3.82. The van der Waals surface area contributed by atoms with Gasteiger partial charge in [0, 0.05) is 19.0 Å². The number of carbonyl (C=O) groups is 1. The lowest BCUT2D eigenvalue weighted by molar-refractivity contribution is -0.137. The van der Waals surface area contributed by atoms with Crippen LogP contribution in [0.25, 0.3) is 5.65 Å². The molecule has 0 aliphatic carbocycles. The van der Waals surface area contributed by atoms with Crippen LogP contribution in [-0.4, -0.2) is 30.9 Å². The van der Waals surface area contributed by atoms with Gasteiger partial charge in [-0.15, -0.1) is 10.2 Å². The Hall–Kier alpha value is -1.98. The summed E-state index contributed by atoms with van der Waals surface area (Å²) in [5.41, 5.74) is 0.681.